The lowest BCUT2D eigenvalue weighted by atomic mass is 10.1. The van der Waals surface area contributed by atoms with Gasteiger partial charge in [-0.2, -0.15) is 0 Å². The summed E-state index contributed by atoms with van der Waals surface area (Å²) in [5.41, 5.74) is 1.81. The highest BCUT2D eigenvalue weighted by molar-refractivity contribution is 14.1. The van der Waals surface area contributed by atoms with Crippen molar-refractivity contribution in [2.75, 3.05) is 6.61 Å². The Balaban J connectivity index is 1.85. The molecule has 24 heavy (non-hydrogen) atoms. The second-order valence-corrected chi connectivity index (χ2v) is 6.56. The maximum atomic E-state index is 12.1. The lowest BCUT2D eigenvalue weighted by Gasteiger charge is -2.16. The Morgan fingerprint density at radius 2 is 1.75 bits per heavy atom. The number of aliphatic hydroxyl groups excluding tert-OH is 1. The molecule has 2 rings (SSSR count). The molecule has 126 valence electrons. The first-order chi connectivity index (χ1) is 11.6. The average Bonchev–Trinajstić information content (AvgIpc) is 2.58. The van der Waals surface area contributed by atoms with Crippen LogP contribution in [0, 0.1) is 3.57 Å². The number of aliphatic hydroxyl groups is 1. The van der Waals surface area contributed by atoms with E-state index < -0.39 is 18.6 Å². The van der Waals surface area contributed by atoms with Gasteiger partial charge in [0, 0.05) is 10.1 Å². The SMILES string of the molecule is O=C(Cc1ccccc1)NC(CO)C(=O)NCc1cccc(I)c1. The minimum absolute atomic E-state index is 0.168. The second kappa shape index (κ2) is 9.39. The summed E-state index contributed by atoms with van der Waals surface area (Å²) in [5.74, 6) is -0.706. The largest absolute Gasteiger partial charge is 0.394 e. The molecule has 0 bridgehead atoms. The van der Waals surface area contributed by atoms with Crippen LogP contribution in [-0.4, -0.2) is 29.6 Å². The van der Waals surface area contributed by atoms with E-state index >= 15 is 0 Å². The summed E-state index contributed by atoms with van der Waals surface area (Å²) in [4.78, 5) is 24.1. The lowest BCUT2D eigenvalue weighted by Crippen LogP contribution is -2.49. The van der Waals surface area contributed by atoms with Gasteiger partial charge >= 0.3 is 0 Å². The third kappa shape index (κ3) is 5.93. The molecule has 0 saturated carbocycles. The molecule has 0 aliphatic carbocycles. The van der Waals surface area contributed by atoms with Crippen LogP contribution >= 0.6 is 22.6 Å². The van der Waals surface area contributed by atoms with Gasteiger partial charge in [-0.05, 0) is 45.9 Å². The zero-order valence-corrected chi connectivity index (χ0v) is 15.2. The predicted octanol–water partition coefficient (Wildman–Crippen LogP) is 1.63. The Bertz CT molecular complexity index is 692. The number of benzene rings is 2. The Morgan fingerprint density at radius 3 is 2.42 bits per heavy atom. The van der Waals surface area contributed by atoms with Crippen LogP contribution in [-0.2, 0) is 22.6 Å². The molecule has 0 heterocycles. The first-order valence-corrected chi connectivity index (χ1v) is 8.62. The molecule has 2 amide bonds. The van der Waals surface area contributed by atoms with E-state index in [4.69, 9.17) is 0 Å². The van der Waals surface area contributed by atoms with Gasteiger partial charge in [-0.25, -0.2) is 0 Å². The summed E-state index contributed by atoms with van der Waals surface area (Å²) in [5, 5.41) is 14.7. The Kier molecular flexibility index (Phi) is 7.20. The first-order valence-electron chi connectivity index (χ1n) is 7.55. The molecule has 0 aromatic heterocycles. The van der Waals surface area contributed by atoms with Crippen LogP contribution in [0.15, 0.2) is 54.6 Å². The molecule has 0 fully saturated rings. The summed E-state index contributed by atoms with van der Waals surface area (Å²) in [6.07, 6.45) is 0.168. The summed E-state index contributed by atoms with van der Waals surface area (Å²) < 4.78 is 1.08. The van der Waals surface area contributed by atoms with Crippen LogP contribution in [0.4, 0.5) is 0 Å². The van der Waals surface area contributed by atoms with E-state index in [0.29, 0.717) is 6.54 Å². The summed E-state index contributed by atoms with van der Waals surface area (Å²) in [7, 11) is 0. The van der Waals surface area contributed by atoms with Crippen LogP contribution in [0.2, 0.25) is 0 Å². The van der Waals surface area contributed by atoms with Crippen molar-refractivity contribution in [1.29, 1.82) is 0 Å². The zero-order chi connectivity index (χ0) is 17.4. The normalized spacial score (nSPS) is 11.6. The lowest BCUT2D eigenvalue weighted by molar-refractivity contribution is -0.129. The van der Waals surface area contributed by atoms with Gasteiger partial charge in [-0.3, -0.25) is 9.59 Å². The van der Waals surface area contributed by atoms with Gasteiger partial charge in [-0.1, -0.05) is 42.5 Å². The Labute approximate surface area is 154 Å². The van der Waals surface area contributed by atoms with E-state index in [-0.39, 0.29) is 12.3 Å². The van der Waals surface area contributed by atoms with Gasteiger partial charge in [0.15, 0.2) is 0 Å². The highest BCUT2D eigenvalue weighted by atomic mass is 127. The third-order valence-electron chi connectivity index (χ3n) is 3.40. The predicted molar refractivity (Wildman–Crippen MR) is 100 cm³/mol. The molecular weight excluding hydrogens is 419 g/mol. The van der Waals surface area contributed by atoms with Crippen LogP contribution in [0.25, 0.3) is 0 Å². The van der Waals surface area contributed by atoms with Crippen molar-refractivity contribution in [3.63, 3.8) is 0 Å². The van der Waals surface area contributed by atoms with Gasteiger partial charge in [0.2, 0.25) is 11.8 Å². The molecule has 5 nitrogen and oxygen atoms in total. The third-order valence-corrected chi connectivity index (χ3v) is 4.07. The molecule has 2 aromatic carbocycles. The minimum atomic E-state index is -0.955. The zero-order valence-electron chi connectivity index (χ0n) is 13.0. The van der Waals surface area contributed by atoms with E-state index in [0.717, 1.165) is 14.7 Å². The molecule has 6 heteroatoms. The van der Waals surface area contributed by atoms with Crippen molar-refractivity contribution in [3.05, 3.63) is 69.3 Å². The molecular formula is C18H19IN2O3. The molecule has 0 spiro atoms. The molecule has 3 N–H and O–H groups in total. The van der Waals surface area contributed by atoms with Gasteiger partial charge in [0.25, 0.3) is 0 Å². The number of carbonyl (C=O) groups is 2. The average molecular weight is 438 g/mol. The molecule has 2 aromatic rings. The number of hydrogen-bond acceptors (Lipinski definition) is 3. The van der Waals surface area contributed by atoms with E-state index in [9.17, 15) is 14.7 Å². The maximum Gasteiger partial charge on any atom is 0.245 e. The van der Waals surface area contributed by atoms with E-state index in [1.54, 1.807) is 0 Å². The number of amides is 2. The summed E-state index contributed by atoms with van der Waals surface area (Å²) >= 11 is 2.20. The van der Waals surface area contributed by atoms with Crippen molar-refractivity contribution in [2.24, 2.45) is 0 Å². The minimum Gasteiger partial charge on any atom is -0.394 e. The van der Waals surface area contributed by atoms with Crippen molar-refractivity contribution >= 4 is 34.4 Å². The van der Waals surface area contributed by atoms with Gasteiger partial charge in [0.1, 0.15) is 6.04 Å². The summed E-state index contributed by atoms with van der Waals surface area (Å²) in [6.45, 7) is -0.0978. The molecule has 0 aliphatic rings. The number of carbonyl (C=O) groups excluding carboxylic acids is 2. The van der Waals surface area contributed by atoms with E-state index in [1.165, 1.54) is 0 Å². The fourth-order valence-electron chi connectivity index (χ4n) is 2.18. The second-order valence-electron chi connectivity index (χ2n) is 5.31. The van der Waals surface area contributed by atoms with Crippen molar-refractivity contribution in [2.45, 2.75) is 19.0 Å². The van der Waals surface area contributed by atoms with E-state index in [1.807, 2.05) is 54.6 Å². The quantitative estimate of drug-likeness (QED) is 0.576. The number of hydrogen-bond donors (Lipinski definition) is 3. The van der Waals surface area contributed by atoms with Crippen LogP contribution in [0.5, 0.6) is 0 Å². The molecule has 1 atom stereocenters. The monoisotopic (exact) mass is 438 g/mol. The maximum absolute atomic E-state index is 12.1. The van der Waals surface area contributed by atoms with E-state index in [2.05, 4.69) is 33.2 Å². The molecule has 1 unspecified atom stereocenters. The standard InChI is InChI=1S/C18H19IN2O3/c19-15-8-4-7-14(9-15)11-20-18(24)16(12-22)21-17(23)10-13-5-2-1-3-6-13/h1-9,16,22H,10-12H2,(H,20,24)(H,21,23). The number of halogens is 1. The topological polar surface area (TPSA) is 78.4 Å². The van der Waals surface area contributed by atoms with Crippen molar-refractivity contribution in [1.82, 2.24) is 10.6 Å². The van der Waals surface area contributed by atoms with Crippen molar-refractivity contribution < 1.29 is 14.7 Å². The highest BCUT2D eigenvalue weighted by Gasteiger charge is 2.19. The fourth-order valence-corrected chi connectivity index (χ4v) is 2.79. The molecule has 0 radical (unpaired) electrons. The smallest absolute Gasteiger partial charge is 0.245 e. The van der Waals surface area contributed by atoms with Gasteiger partial charge in [-0.15, -0.1) is 0 Å². The Morgan fingerprint density at radius 1 is 1.04 bits per heavy atom. The summed E-state index contributed by atoms with van der Waals surface area (Å²) in [6, 6.07) is 16.0. The highest BCUT2D eigenvalue weighted by Crippen LogP contribution is 2.07. The fraction of sp³-hybridized carbons (Fsp3) is 0.222. The molecule has 0 saturated heterocycles. The van der Waals surface area contributed by atoms with Crippen LogP contribution in [0.3, 0.4) is 0 Å². The van der Waals surface area contributed by atoms with Crippen LogP contribution < -0.4 is 10.6 Å². The van der Waals surface area contributed by atoms with Gasteiger partial charge < -0.3 is 15.7 Å². The first kappa shape index (κ1) is 18.4. The Hall–Kier alpha value is -1.93. The number of nitrogens with one attached hydrogen (secondary N) is 2. The number of rotatable bonds is 7. The van der Waals surface area contributed by atoms with Gasteiger partial charge in [0.05, 0.1) is 13.0 Å². The van der Waals surface area contributed by atoms with Crippen molar-refractivity contribution in [3.8, 4) is 0 Å². The molecule has 0 aliphatic heterocycles. The van der Waals surface area contributed by atoms with Crippen LogP contribution in [0.1, 0.15) is 11.1 Å².